The summed E-state index contributed by atoms with van der Waals surface area (Å²) in [6, 6.07) is 9.61. The second-order valence-corrected chi connectivity index (χ2v) is 7.76. The SMILES string of the molecule is CCc1ccccc1NS(=O)(=O)c1ccc(C(C(=O)OC)C(=O)OC)c([N+](=O)[O-])c1. The molecular formula is C19H20N2O8S. The molecule has 11 heteroatoms. The van der Waals surface area contributed by atoms with E-state index in [0.29, 0.717) is 12.1 Å². The predicted octanol–water partition coefficient (Wildman–Crippen LogP) is 2.39. The fraction of sp³-hybridized carbons (Fsp3) is 0.263. The number of aryl methyl sites for hydroxylation is 1. The van der Waals surface area contributed by atoms with Crippen LogP contribution < -0.4 is 4.72 Å². The van der Waals surface area contributed by atoms with Crippen molar-refractivity contribution in [2.24, 2.45) is 0 Å². The number of hydrogen-bond acceptors (Lipinski definition) is 8. The lowest BCUT2D eigenvalue weighted by atomic mass is 9.97. The van der Waals surface area contributed by atoms with E-state index in [1.807, 2.05) is 6.92 Å². The average Bonchev–Trinajstić information content (AvgIpc) is 2.73. The maximum Gasteiger partial charge on any atom is 0.324 e. The van der Waals surface area contributed by atoms with Gasteiger partial charge >= 0.3 is 11.9 Å². The van der Waals surface area contributed by atoms with Crippen molar-refractivity contribution in [2.45, 2.75) is 24.2 Å². The Hall–Kier alpha value is -3.47. The summed E-state index contributed by atoms with van der Waals surface area (Å²) in [6.45, 7) is 1.85. The number of nitro benzene ring substituents is 1. The number of ether oxygens (including phenoxy) is 2. The highest BCUT2D eigenvalue weighted by molar-refractivity contribution is 7.92. The average molecular weight is 436 g/mol. The van der Waals surface area contributed by atoms with E-state index in [9.17, 15) is 28.1 Å². The van der Waals surface area contributed by atoms with E-state index >= 15 is 0 Å². The zero-order valence-corrected chi connectivity index (χ0v) is 17.3. The van der Waals surface area contributed by atoms with Crippen molar-refractivity contribution in [1.29, 1.82) is 0 Å². The van der Waals surface area contributed by atoms with Crippen LogP contribution in [0.15, 0.2) is 47.4 Å². The molecule has 0 amide bonds. The molecule has 1 N–H and O–H groups in total. The minimum Gasteiger partial charge on any atom is -0.468 e. The van der Waals surface area contributed by atoms with E-state index in [1.54, 1.807) is 24.3 Å². The van der Waals surface area contributed by atoms with Crippen molar-refractivity contribution in [1.82, 2.24) is 0 Å². The Bertz CT molecular complexity index is 1070. The van der Waals surface area contributed by atoms with Gasteiger partial charge in [-0.15, -0.1) is 0 Å². The van der Waals surface area contributed by atoms with Crippen LogP contribution in [-0.2, 0) is 35.5 Å². The maximum atomic E-state index is 12.8. The molecular weight excluding hydrogens is 416 g/mol. The Kier molecular flexibility index (Phi) is 7.11. The van der Waals surface area contributed by atoms with E-state index in [0.717, 1.165) is 38.0 Å². The molecule has 0 fully saturated rings. The van der Waals surface area contributed by atoms with Gasteiger partial charge in [-0.05, 0) is 30.2 Å². The molecule has 2 aromatic rings. The third kappa shape index (κ3) is 4.74. The van der Waals surface area contributed by atoms with Gasteiger partial charge in [-0.3, -0.25) is 24.4 Å². The molecule has 0 aliphatic heterocycles. The van der Waals surface area contributed by atoms with E-state index in [1.165, 1.54) is 0 Å². The first-order valence-electron chi connectivity index (χ1n) is 8.71. The number of methoxy groups -OCH3 is 2. The summed E-state index contributed by atoms with van der Waals surface area (Å²) in [7, 11) is -2.16. The Morgan fingerprint density at radius 2 is 1.70 bits per heavy atom. The minimum atomic E-state index is -4.18. The number of carbonyl (C=O) groups excluding carboxylic acids is 2. The molecule has 10 nitrogen and oxygen atoms in total. The fourth-order valence-electron chi connectivity index (χ4n) is 2.81. The molecule has 0 saturated carbocycles. The summed E-state index contributed by atoms with van der Waals surface area (Å²) in [4.78, 5) is 34.3. The van der Waals surface area contributed by atoms with Crippen LogP contribution in [0, 0.1) is 10.1 Å². The third-order valence-corrected chi connectivity index (χ3v) is 5.70. The zero-order valence-electron chi connectivity index (χ0n) is 16.4. The van der Waals surface area contributed by atoms with Crippen molar-refractivity contribution in [3.63, 3.8) is 0 Å². The smallest absolute Gasteiger partial charge is 0.324 e. The van der Waals surface area contributed by atoms with Crippen LogP contribution >= 0.6 is 0 Å². The van der Waals surface area contributed by atoms with Crippen LogP contribution in [0.3, 0.4) is 0 Å². The largest absolute Gasteiger partial charge is 0.468 e. The van der Waals surface area contributed by atoms with Gasteiger partial charge < -0.3 is 9.47 Å². The fourth-order valence-corrected chi connectivity index (χ4v) is 3.93. The highest BCUT2D eigenvalue weighted by Crippen LogP contribution is 2.32. The number of benzene rings is 2. The number of carbonyl (C=O) groups is 2. The summed E-state index contributed by atoms with van der Waals surface area (Å²) < 4.78 is 37.0. The number of para-hydroxylation sites is 1. The van der Waals surface area contributed by atoms with Crippen molar-refractivity contribution >= 4 is 33.3 Å². The molecule has 0 heterocycles. The third-order valence-electron chi connectivity index (χ3n) is 4.34. The highest BCUT2D eigenvalue weighted by Gasteiger charge is 2.37. The number of anilines is 1. The van der Waals surface area contributed by atoms with Crippen LogP contribution in [0.25, 0.3) is 0 Å². The lowest BCUT2D eigenvalue weighted by molar-refractivity contribution is -0.385. The van der Waals surface area contributed by atoms with Gasteiger partial charge in [0.1, 0.15) is 0 Å². The molecule has 0 aliphatic rings. The molecule has 0 saturated heterocycles. The molecule has 0 radical (unpaired) electrons. The Labute approximate surface area is 173 Å². The number of esters is 2. The van der Waals surface area contributed by atoms with Gasteiger partial charge in [-0.1, -0.05) is 25.1 Å². The predicted molar refractivity (Wildman–Crippen MR) is 106 cm³/mol. The lowest BCUT2D eigenvalue weighted by Gasteiger charge is -2.15. The van der Waals surface area contributed by atoms with Crippen LogP contribution in [-0.4, -0.2) is 39.5 Å². The number of hydrogen-bond donors (Lipinski definition) is 1. The van der Waals surface area contributed by atoms with Crippen LogP contribution in [0.4, 0.5) is 11.4 Å². The van der Waals surface area contributed by atoms with Crippen LogP contribution in [0.2, 0.25) is 0 Å². The first-order valence-corrected chi connectivity index (χ1v) is 10.2. The molecule has 0 atom stereocenters. The van der Waals surface area contributed by atoms with Gasteiger partial charge in [0.2, 0.25) is 0 Å². The summed E-state index contributed by atoms with van der Waals surface area (Å²) in [5.41, 5.74) is 0.00595. The molecule has 0 spiro atoms. The van der Waals surface area contributed by atoms with Gasteiger partial charge in [0.05, 0.1) is 35.3 Å². The van der Waals surface area contributed by atoms with Crippen LogP contribution in [0.1, 0.15) is 24.0 Å². The quantitative estimate of drug-likeness (QED) is 0.288. The first kappa shape index (κ1) is 22.8. The molecule has 2 rings (SSSR count). The molecule has 0 aromatic heterocycles. The Morgan fingerprint density at radius 1 is 1.10 bits per heavy atom. The summed E-state index contributed by atoms with van der Waals surface area (Å²) in [5, 5.41) is 11.6. The number of nitro groups is 1. The van der Waals surface area contributed by atoms with Crippen molar-refractivity contribution < 1.29 is 32.4 Å². The first-order chi connectivity index (χ1) is 14.2. The minimum absolute atomic E-state index is 0.341. The molecule has 30 heavy (non-hydrogen) atoms. The van der Waals surface area contributed by atoms with Gasteiger partial charge in [0, 0.05) is 6.07 Å². The monoisotopic (exact) mass is 436 g/mol. The van der Waals surface area contributed by atoms with Crippen molar-refractivity contribution in [2.75, 3.05) is 18.9 Å². The summed E-state index contributed by atoms with van der Waals surface area (Å²) >= 11 is 0. The van der Waals surface area contributed by atoms with Gasteiger partial charge in [-0.25, -0.2) is 8.42 Å². The van der Waals surface area contributed by atoms with Crippen molar-refractivity contribution in [3.8, 4) is 0 Å². The Balaban J connectivity index is 2.56. The molecule has 0 aliphatic carbocycles. The Morgan fingerprint density at radius 3 is 2.23 bits per heavy atom. The van der Waals surface area contributed by atoms with Crippen molar-refractivity contribution in [3.05, 3.63) is 63.7 Å². The summed E-state index contributed by atoms with van der Waals surface area (Å²) in [6.07, 6.45) is 0.567. The number of nitrogens with one attached hydrogen (secondary N) is 1. The van der Waals surface area contributed by atoms with E-state index < -0.39 is 43.4 Å². The van der Waals surface area contributed by atoms with E-state index in [-0.39, 0.29) is 5.56 Å². The van der Waals surface area contributed by atoms with Gasteiger partial charge in [0.25, 0.3) is 15.7 Å². The standard InChI is InChI=1S/C19H20N2O8S/c1-4-12-7-5-6-8-15(12)20-30(26,27)13-9-10-14(16(11-13)21(24)25)17(18(22)28-2)19(23)29-3/h5-11,17,20H,4H2,1-3H3. The number of nitrogens with zero attached hydrogens (tertiary/aromatic N) is 1. The number of sulfonamides is 1. The zero-order chi connectivity index (χ0) is 22.5. The van der Waals surface area contributed by atoms with Gasteiger partial charge in [0.15, 0.2) is 5.92 Å². The lowest BCUT2D eigenvalue weighted by Crippen LogP contribution is -2.25. The topological polar surface area (TPSA) is 142 Å². The summed E-state index contributed by atoms with van der Waals surface area (Å²) in [5.74, 6) is -3.88. The molecule has 160 valence electrons. The van der Waals surface area contributed by atoms with Crippen LogP contribution in [0.5, 0.6) is 0 Å². The molecule has 0 unspecified atom stereocenters. The second kappa shape index (κ2) is 9.35. The second-order valence-electron chi connectivity index (χ2n) is 6.07. The van der Waals surface area contributed by atoms with E-state index in [2.05, 4.69) is 14.2 Å². The normalized spacial score (nSPS) is 11.1. The molecule has 2 aromatic carbocycles. The van der Waals surface area contributed by atoms with Gasteiger partial charge in [-0.2, -0.15) is 0 Å². The highest BCUT2D eigenvalue weighted by atomic mass is 32.2. The maximum absolute atomic E-state index is 12.8. The van der Waals surface area contributed by atoms with E-state index in [4.69, 9.17) is 0 Å². The molecule has 0 bridgehead atoms. The number of rotatable bonds is 8.